The minimum absolute atomic E-state index is 0.277. The second kappa shape index (κ2) is 3.75. The molecule has 0 amide bonds. The van der Waals surface area contributed by atoms with Crippen molar-refractivity contribution in [2.75, 3.05) is 6.26 Å². The molecule has 2 rings (SSSR count). The molecule has 0 unspecified atom stereocenters. The first-order valence-electron chi connectivity index (χ1n) is 4.82. The van der Waals surface area contributed by atoms with Crippen molar-refractivity contribution in [1.82, 2.24) is 4.57 Å². The highest BCUT2D eigenvalue weighted by Crippen LogP contribution is 2.12. The fourth-order valence-electron chi connectivity index (χ4n) is 1.69. The topological polar surface area (TPSA) is 43.0 Å². The first-order chi connectivity index (χ1) is 7.50. The summed E-state index contributed by atoms with van der Waals surface area (Å²) in [5.41, 5.74) is 0.837. The van der Waals surface area contributed by atoms with Gasteiger partial charge in [-0.25, -0.2) is 13.0 Å². The Kier molecular flexibility index (Phi) is 2.55. The van der Waals surface area contributed by atoms with Crippen LogP contribution in [0.1, 0.15) is 0 Å². The molecule has 2 aromatic rings. The summed E-state index contributed by atoms with van der Waals surface area (Å²) < 4.78 is 26.6. The summed E-state index contributed by atoms with van der Waals surface area (Å²) >= 11 is 0. The number of imidazole rings is 1. The van der Waals surface area contributed by atoms with Crippen LogP contribution in [0.15, 0.2) is 47.9 Å². The van der Waals surface area contributed by atoms with E-state index in [0.717, 1.165) is 5.69 Å². The van der Waals surface area contributed by atoms with E-state index in [4.69, 9.17) is 0 Å². The number of rotatable bonds is 2. The van der Waals surface area contributed by atoms with Crippen molar-refractivity contribution in [1.29, 1.82) is 0 Å². The Bertz CT molecular complexity index is 600. The van der Waals surface area contributed by atoms with Crippen molar-refractivity contribution >= 4 is 9.84 Å². The van der Waals surface area contributed by atoms with Crippen molar-refractivity contribution in [2.24, 2.45) is 7.05 Å². The summed E-state index contributed by atoms with van der Waals surface area (Å²) in [4.78, 5) is 0. The van der Waals surface area contributed by atoms with Crippen LogP contribution in [0.3, 0.4) is 0 Å². The van der Waals surface area contributed by atoms with Gasteiger partial charge in [0, 0.05) is 0 Å². The third-order valence-electron chi connectivity index (χ3n) is 2.31. The summed E-state index contributed by atoms with van der Waals surface area (Å²) in [5, 5.41) is 0.277. The first-order valence-corrected chi connectivity index (χ1v) is 6.72. The standard InChI is InChI=1S/C11H13N2O2S/c1-12-8-9-13(11(12)16(2,14)15)10-6-4-3-5-7-10/h3-9H,1-2H3/q+1. The smallest absolute Gasteiger partial charge is 0.223 e. The molecule has 0 atom stereocenters. The Morgan fingerprint density at radius 2 is 1.81 bits per heavy atom. The zero-order valence-corrected chi connectivity index (χ0v) is 9.98. The summed E-state index contributed by atoms with van der Waals surface area (Å²) in [6.07, 6.45) is 4.68. The van der Waals surface area contributed by atoms with Gasteiger partial charge in [0.1, 0.15) is 18.1 Å². The van der Waals surface area contributed by atoms with Crippen LogP contribution < -0.4 is 4.57 Å². The molecule has 84 valence electrons. The molecule has 0 N–H and O–H groups in total. The van der Waals surface area contributed by atoms with E-state index in [1.165, 1.54) is 6.26 Å². The Morgan fingerprint density at radius 1 is 1.19 bits per heavy atom. The molecule has 16 heavy (non-hydrogen) atoms. The van der Waals surface area contributed by atoms with Crippen LogP contribution >= 0.6 is 0 Å². The molecule has 1 aromatic heterocycles. The fourth-order valence-corrected chi connectivity index (χ4v) is 2.80. The van der Waals surface area contributed by atoms with Crippen LogP contribution in [0.4, 0.5) is 0 Å². The van der Waals surface area contributed by atoms with Gasteiger partial charge < -0.3 is 0 Å². The number of aryl methyl sites for hydroxylation is 1. The lowest BCUT2D eigenvalue weighted by atomic mass is 10.3. The van der Waals surface area contributed by atoms with E-state index in [-0.39, 0.29) is 5.16 Å². The molecular weight excluding hydrogens is 224 g/mol. The summed E-state index contributed by atoms with van der Waals surface area (Å²) in [6, 6.07) is 9.39. The summed E-state index contributed by atoms with van der Waals surface area (Å²) in [6.45, 7) is 0. The zero-order valence-electron chi connectivity index (χ0n) is 9.16. The number of sulfone groups is 1. The van der Waals surface area contributed by atoms with Gasteiger partial charge >= 0.3 is 5.16 Å². The molecule has 0 aliphatic rings. The number of nitrogens with zero attached hydrogens (tertiary/aromatic N) is 2. The van der Waals surface area contributed by atoms with E-state index >= 15 is 0 Å². The second-order valence-electron chi connectivity index (χ2n) is 3.67. The third kappa shape index (κ3) is 1.86. The number of hydrogen-bond acceptors (Lipinski definition) is 2. The largest absolute Gasteiger partial charge is 0.380 e. The summed E-state index contributed by atoms with van der Waals surface area (Å²) in [7, 11) is -1.52. The van der Waals surface area contributed by atoms with Gasteiger partial charge in [-0.05, 0) is 12.1 Å². The highest BCUT2D eigenvalue weighted by atomic mass is 32.2. The molecule has 1 heterocycles. The molecule has 1 aromatic carbocycles. The lowest BCUT2D eigenvalue weighted by Crippen LogP contribution is -2.33. The molecule has 4 nitrogen and oxygen atoms in total. The predicted molar refractivity (Wildman–Crippen MR) is 60.1 cm³/mol. The van der Waals surface area contributed by atoms with Crippen LogP contribution in [0.5, 0.6) is 0 Å². The van der Waals surface area contributed by atoms with Crippen LogP contribution in [0.25, 0.3) is 5.69 Å². The Balaban J connectivity index is 2.69. The predicted octanol–water partition coefficient (Wildman–Crippen LogP) is 0.705. The van der Waals surface area contributed by atoms with Gasteiger partial charge in [-0.1, -0.05) is 18.2 Å². The molecule has 0 saturated heterocycles. The highest BCUT2D eigenvalue weighted by Gasteiger charge is 2.26. The summed E-state index contributed by atoms with van der Waals surface area (Å²) in [5.74, 6) is 0. The van der Waals surface area contributed by atoms with E-state index in [1.807, 2.05) is 30.3 Å². The van der Waals surface area contributed by atoms with E-state index < -0.39 is 9.84 Å². The fraction of sp³-hybridized carbons (Fsp3) is 0.182. The van der Waals surface area contributed by atoms with Gasteiger partial charge in [0.2, 0.25) is 0 Å². The Morgan fingerprint density at radius 3 is 2.38 bits per heavy atom. The van der Waals surface area contributed by atoms with Crippen LogP contribution in [-0.2, 0) is 16.9 Å². The Hall–Kier alpha value is -1.62. The van der Waals surface area contributed by atoms with Crippen molar-refractivity contribution in [3.63, 3.8) is 0 Å². The van der Waals surface area contributed by atoms with Crippen molar-refractivity contribution in [2.45, 2.75) is 5.16 Å². The zero-order chi connectivity index (χ0) is 11.8. The lowest BCUT2D eigenvalue weighted by Gasteiger charge is -1.99. The van der Waals surface area contributed by atoms with Gasteiger partial charge in [0.15, 0.2) is 0 Å². The molecule has 0 saturated carbocycles. The average Bonchev–Trinajstić information content (AvgIpc) is 2.61. The van der Waals surface area contributed by atoms with Gasteiger partial charge in [-0.15, -0.1) is 0 Å². The van der Waals surface area contributed by atoms with Crippen molar-refractivity contribution in [3.8, 4) is 5.69 Å². The first kappa shape index (κ1) is 10.9. The molecular formula is C11H13N2O2S+. The van der Waals surface area contributed by atoms with Gasteiger partial charge in [-0.3, -0.25) is 0 Å². The van der Waals surface area contributed by atoms with Crippen molar-refractivity contribution in [3.05, 3.63) is 42.7 Å². The van der Waals surface area contributed by atoms with Gasteiger partial charge in [-0.2, -0.15) is 4.57 Å². The maximum atomic E-state index is 11.7. The SMILES string of the molecule is C[n+]1ccn(-c2ccccc2)c1S(C)(=O)=O. The number of benzene rings is 1. The van der Waals surface area contributed by atoms with E-state index in [1.54, 1.807) is 28.6 Å². The maximum Gasteiger partial charge on any atom is 0.380 e. The third-order valence-corrected chi connectivity index (χ3v) is 3.46. The quantitative estimate of drug-likeness (QED) is 0.722. The average molecular weight is 237 g/mol. The van der Waals surface area contributed by atoms with Gasteiger partial charge in [0.25, 0.3) is 9.84 Å². The van der Waals surface area contributed by atoms with Crippen LogP contribution in [-0.4, -0.2) is 19.2 Å². The van der Waals surface area contributed by atoms with E-state index in [9.17, 15) is 8.42 Å². The second-order valence-corrected chi connectivity index (χ2v) is 5.58. The van der Waals surface area contributed by atoms with Crippen molar-refractivity contribution < 1.29 is 13.0 Å². The minimum atomic E-state index is -3.24. The molecule has 0 bridgehead atoms. The molecule has 0 aliphatic heterocycles. The molecule has 5 heteroatoms. The maximum absolute atomic E-state index is 11.7. The van der Waals surface area contributed by atoms with E-state index in [2.05, 4.69) is 0 Å². The molecule has 0 spiro atoms. The molecule has 0 radical (unpaired) electrons. The van der Waals surface area contributed by atoms with Crippen LogP contribution in [0, 0.1) is 0 Å². The minimum Gasteiger partial charge on any atom is -0.223 e. The lowest BCUT2D eigenvalue weighted by molar-refractivity contribution is -0.709. The Labute approximate surface area is 94.7 Å². The highest BCUT2D eigenvalue weighted by molar-refractivity contribution is 7.90. The van der Waals surface area contributed by atoms with Crippen LogP contribution in [0.2, 0.25) is 0 Å². The monoisotopic (exact) mass is 237 g/mol. The molecule has 0 aliphatic carbocycles. The number of para-hydroxylation sites is 1. The molecule has 0 fully saturated rings. The number of aromatic nitrogens is 2. The number of hydrogen-bond donors (Lipinski definition) is 0. The normalized spacial score (nSPS) is 11.6. The van der Waals surface area contributed by atoms with Gasteiger partial charge in [0.05, 0.1) is 13.3 Å². The van der Waals surface area contributed by atoms with E-state index in [0.29, 0.717) is 0 Å².